The fraction of sp³-hybridized carbons (Fsp3) is 0.630. The van der Waals surface area contributed by atoms with Gasteiger partial charge in [0, 0.05) is 56.0 Å². The van der Waals surface area contributed by atoms with E-state index in [1.807, 2.05) is 6.92 Å². The summed E-state index contributed by atoms with van der Waals surface area (Å²) in [5.74, 6) is 0.136. The second-order valence-corrected chi connectivity index (χ2v) is 11.3. The van der Waals surface area contributed by atoms with Crippen molar-refractivity contribution in [2.24, 2.45) is 5.92 Å². The van der Waals surface area contributed by atoms with Crippen LogP contribution in [-0.4, -0.2) is 79.4 Å². The third kappa shape index (κ3) is 4.99. The van der Waals surface area contributed by atoms with E-state index in [2.05, 4.69) is 10.1 Å². The summed E-state index contributed by atoms with van der Waals surface area (Å²) in [5.41, 5.74) is 1.48. The average molecular weight is 548 g/mol. The van der Waals surface area contributed by atoms with Crippen LogP contribution in [0.2, 0.25) is 0 Å². The van der Waals surface area contributed by atoms with Crippen LogP contribution in [0.3, 0.4) is 0 Å². The van der Waals surface area contributed by atoms with E-state index in [9.17, 15) is 27.9 Å². The predicted molar refractivity (Wildman–Crippen MR) is 132 cm³/mol. The number of nitrogens with zero attached hydrogens (tertiary/aromatic N) is 5. The zero-order chi connectivity index (χ0) is 27.5. The molecule has 2 aromatic rings. The Morgan fingerprint density at radius 2 is 1.92 bits per heavy atom. The van der Waals surface area contributed by atoms with E-state index in [1.54, 1.807) is 14.5 Å². The minimum absolute atomic E-state index is 0.0160. The first-order valence-corrected chi connectivity index (χ1v) is 13.7. The maximum atomic E-state index is 13.4. The van der Waals surface area contributed by atoms with E-state index < -0.39 is 23.7 Å². The largest absolute Gasteiger partial charge is 0.474 e. The molecule has 1 unspecified atom stereocenters. The first kappa shape index (κ1) is 26.1. The van der Waals surface area contributed by atoms with Gasteiger partial charge >= 0.3 is 6.18 Å². The van der Waals surface area contributed by atoms with Crippen molar-refractivity contribution in [1.29, 1.82) is 0 Å². The number of aromatic nitrogens is 3. The topological polar surface area (TPSA) is 101 Å². The summed E-state index contributed by atoms with van der Waals surface area (Å²) in [6, 6.07) is 1.93. The van der Waals surface area contributed by atoms with Crippen molar-refractivity contribution in [2.75, 3.05) is 19.6 Å². The molecule has 12 heteroatoms. The molecule has 210 valence electrons. The van der Waals surface area contributed by atoms with E-state index in [0.29, 0.717) is 62.8 Å². The molecule has 39 heavy (non-hydrogen) atoms. The second kappa shape index (κ2) is 9.79. The highest BCUT2D eigenvalue weighted by Crippen LogP contribution is 2.57. The number of pyridine rings is 1. The number of aliphatic hydroxyl groups excluding tert-OH is 1. The Morgan fingerprint density at radius 3 is 2.64 bits per heavy atom. The van der Waals surface area contributed by atoms with Crippen LogP contribution in [0.1, 0.15) is 72.3 Å². The van der Waals surface area contributed by atoms with Gasteiger partial charge < -0.3 is 19.6 Å². The number of amides is 2. The van der Waals surface area contributed by atoms with Gasteiger partial charge in [0.15, 0.2) is 5.69 Å². The number of aliphatic hydroxyl groups is 1. The highest BCUT2D eigenvalue weighted by molar-refractivity contribution is 5.95. The summed E-state index contributed by atoms with van der Waals surface area (Å²) in [6.07, 6.45) is -0.446. The molecule has 2 aliphatic carbocycles. The molecule has 4 atom stereocenters. The number of halogens is 3. The van der Waals surface area contributed by atoms with Crippen molar-refractivity contribution in [3.05, 3.63) is 40.8 Å². The van der Waals surface area contributed by atoms with Crippen molar-refractivity contribution in [3.63, 3.8) is 0 Å². The second-order valence-electron chi connectivity index (χ2n) is 11.3. The van der Waals surface area contributed by atoms with Gasteiger partial charge in [-0.2, -0.15) is 18.3 Å². The lowest BCUT2D eigenvalue weighted by molar-refractivity contribution is -0.140. The molecule has 2 saturated heterocycles. The number of ether oxygens (including phenoxy) is 1. The summed E-state index contributed by atoms with van der Waals surface area (Å²) in [6.45, 7) is 3.20. The van der Waals surface area contributed by atoms with Crippen LogP contribution >= 0.6 is 0 Å². The molecule has 9 nitrogen and oxygen atoms in total. The van der Waals surface area contributed by atoms with E-state index in [0.717, 1.165) is 30.2 Å². The van der Waals surface area contributed by atoms with Crippen molar-refractivity contribution < 1.29 is 32.6 Å². The van der Waals surface area contributed by atoms with Crippen LogP contribution in [0.15, 0.2) is 18.3 Å². The summed E-state index contributed by atoms with van der Waals surface area (Å²) in [5, 5.41) is 14.5. The number of fused-ring (bicyclic) bond motifs is 3. The quantitative estimate of drug-likeness (QED) is 0.618. The molecule has 2 aliphatic heterocycles. The molecule has 4 heterocycles. The molecular weight excluding hydrogens is 515 g/mol. The van der Waals surface area contributed by atoms with Gasteiger partial charge in [-0.1, -0.05) is 0 Å². The molecule has 4 aliphatic rings. The third-order valence-electron chi connectivity index (χ3n) is 8.59. The monoisotopic (exact) mass is 547 g/mol. The Balaban J connectivity index is 1.12. The molecule has 1 saturated carbocycles. The van der Waals surface area contributed by atoms with Crippen molar-refractivity contribution >= 4 is 11.8 Å². The summed E-state index contributed by atoms with van der Waals surface area (Å²) in [7, 11) is 0. The number of rotatable bonds is 5. The number of hydrogen-bond donors (Lipinski definition) is 1. The van der Waals surface area contributed by atoms with Crippen LogP contribution in [-0.2, 0) is 23.9 Å². The minimum Gasteiger partial charge on any atom is -0.474 e. The zero-order valence-corrected chi connectivity index (χ0v) is 21.7. The fourth-order valence-corrected chi connectivity index (χ4v) is 6.38. The van der Waals surface area contributed by atoms with Gasteiger partial charge in [0.25, 0.3) is 5.91 Å². The maximum absolute atomic E-state index is 13.4. The summed E-state index contributed by atoms with van der Waals surface area (Å²) < 4.78 is 47.3. The Kier molecular flexibility index (Phi) is 6.55. The van der Waals surface area contributed by atoms with Gasteiger partial charge in [0.05, 0.1) is 6.10 Å². The first-order valence-electron chi connectivity index (χ1n) is 13.7. The molecule has 0 radical (unpaired) electrons. The predicted octanol–water partition coefficient (Wildman–Crippen LogP) is 3.01. The van der Waals surface area contributed by atoms with Crippen molar-refractivity contribution in [1.82, 2.24) is 24.6 Å². The van der Waals surface area contributed by atoms with E-state index in [1.165, 1.54) is 12.3 Å². The van der Waals surface area contributed by atoms with Gasteiger partial charge in [-0.15, -0.1) is 0 Å². The lowest BCUT2D eigenvalue weighted by Crippen LogP contribution is -2.48. The number of hydrogen-bond acceptors (Lipinski definition) is 6. The first-order chi connectivity index (χ1) is 18.6. The van der Waals surface area contributed by atoms with E-state index in [4.69, 9.17) is 4.74 Å². The molecule has 0 spiro atoms. The maximum Gasteiger partial charge on any atom is 0.421 e. The van der Waals surface area contributed by atoms with Crippen molar-refractivity contribution in [2.45, 2.75) is 82.3 Å². The Hall–Kier alpha value is -3.15. The highest BCUT2D eigenvalue weighted by Gasteiger charge is 2.50. The van der Waals surface area contributed by atoms with Gasteiger partial charge in [0.1, 0.15) is 18.2 Å². The lowest BCUT2D eigenvalue weighted by atomic mass is 10.0. The molecule has 3 fully saturated rings. The number of carbonyl (C=O) groups excluding carboxylic acids is 2. The summed E-state index contributed by atoms with van der Waals surface area (Å²) in [4.78, 5) is 34.0. The average Bonchev–Trinajstić information content (AvgIpc) is 3.42. The van der Waals surface area contributed by atoms with Gasteiger partial charge in [-0.3, -0.25) is 14.3 Å². The Bertz CT molecular complexity index is 1270. The molecule has 6 rings (SSSR count). The SMILES string of the molecule is C[C@H]1C[C@H](Oc2ncccc2C(F)(F)F)CCN1C(=O)Cn1nc(C(=O)N2CCC(O)CC2)c2c1CC1C[C@H]21. The van der Waals surface area contributed by atoms with Gasteiger partial charge in [-0.25, -0.2) is 4.98 Å². The number of piperidine rings is 2. The van der Waals surface area contributed by atoms with Gasteiger partial charge in [-0.05, 0) is 56.6 Å². The molecule has 2 aromatic heterocycles. The molecule has 0 bridgehead atoms. The lowest BCUT2D eigenvalue weighted by Gasteiger charge is -2.37. The molecule has 0 aromatic carbocycles. The fourth-order valence-electron chi connectivity index (χ4n) is 6.38. The van der Waals surface area contributed by atoms with E-state index >= 15 is 0 Å². The van der Waals surface area contributed by atoms with Crippen LogP contribution in [0.5, 0.6) is 5.88 Å². The minimum atomic E-state index is -4.56. The zero-order valence-electron chi connectivity index (χ0n) is 21.7. The summed E-state index contributed by atoms with van der Waals surface area (Å²) >= 11 is 0. The van der Waals surface area contributed by atoms with Gasteiger partial charge in [0.2, 0.25) is 11.8 Å². The molecule has 2 amide bonds. The Labute approximate surface area is 223 Å². The third-order valence-corrected chi connectivity index (χ3v) is 8.59. The molecule has 1 N–H and O–H groups in total. The van der Waals surface area contributed by atoms with Crippen molar-refractivity contribution in [3.8, 4) is 5.88 Å². The number of carbonyl (C=O) groups is 2. The van der Waals surface area contributed by atoms with Crippen LogP contribution in [0, 0.1) is 5.92 Å². The Morgan fingerprint density at radius 1 is 1.15 bits per heavy atom. The molecular formula is C27H32F3N5O4. The number of alkyl halides is 3. The highest BCUT2D eigenvalue weighted by atomic mass is 19.4. The van der Waals surface area contributed by atoms with Crippen LogP contribution in [0.4, 0.5) is 13.2 Å². The normalized spacial score (nSPS) is 26.8. The van der Waals surface area contributed by atoms with Crippen LogP contribution in [0.25, 0.3) is 0 Å². The smallest absolute Gasteiger partial charge is 0.421 e. The van der Waals surface area contributed by atoms with Crippen LogP contribution < -0.4 is 4.74 Å². The number of likely N-dealkylation sites (tertiary alicyclic amines) is 2. The van der Waals surface area contributed by atoms with E-state index in [-0.39, 0.29) is 30.5 Å². The standard InChI is InChI=1S/C27H32F3N5O4/c1-15-11-18(39-25-20(27(28,29)30)3-2-7-31-25)6-10-34(15)22(37)14-35-21-13-16-12-19(16)23(21)24(32-35)26(38)33-8-4-17(36)5-9-33/h2-3,7,15-19,36H,4-6,8-14H2,1H3/t15-,16?,18+,19-/m0/s1.